The van der Waals surface area contributed by atoms with Crippen LogP contribution in [0.15, 0.2) is 30.6 Å². The van der Waals surface area contributed by atoms with Gasteiger partial charge >= 0.3 is 0 Å². The maximum absolute atomic E-state index is 13.2. The molecule has 0 aliphatic carbocycles. The topological polar surface area (TPSA) is 28.7 Å². The summed E-state index contributed by atoms with van der Waals surface area (Å²) in [6, 6.07) is 5.15. The number of aryl methyl sites for hydroxylation is 1. The lowest BCUT2D eigenvalue weighted by molar-refractivity contribution is 0.623. The number of hydrogen-bond acceptors (Lipinski definition) is 1. The molecule has 1 heterocycles. The van der Waals surface area contributed by atoms with E-state index in [1.807, 2.05) is 13.0 Å². The van der Waals surface area contributed by atoms with Gasteiger partial charge in [-0.25, -0.2) is 9.37 Å². The van der Waals surface area contributed by atoms with E-state index >= 15 is 0 Å². The van der Waals surface area contributed by atoms with Crippen molar-refractivity contribution in [2.24, 2.45) is 0 Å². The lowest BCUT2D eigenvalue weighted by atomic mass is 10.1. The van der Waals surface area contributed by atoms with Crippen molar-refractivity contribution in [1.82, 2.24) is 9.97 Å². The summed E-state index contributed by atoms with van der Waals surface area (Å²) in [5.74, 6) is 0.693. The zero-order valence-electron chi connectivity index (χ0n) is 8.63. The van der Waals surface area contributed by atoms with Crippen LogP contribution >= 0.6 is 0 Å². The molecule has 2 nitrogen and oxygen atoms in total. The second-order valence-electron chi connectivity index (χ2n) is 3.53. The third-order valence-electron chi connectivity index (χ3n) is 2.35. The number of halogens is 1. The fourth-order valence-electron chi connectivity index (χ4n) is 1.61. The molecule has 0 saturated carbocycles. The highest BCUT2D eigenvalue weighted by Gasteiger charge is 2.02. The Kier molecular flexibility index (Phi) is 2.81. The van der Waals surface area contributed by atoms with E-state index in [-0.39, 0.29) is 5.82 Å². The van der Waals surface area contributed by atoms with Crippen LogP contribution in [0.1, 0.15) is 23.9 Å². The molecule has 1 aromatic heterocycles. The Morgan fingerprint density at radius 1 is 1.27 bits per heavy atom. The van der Waals surface area contributed by atoms with Gasteiger partial charge in [-0.05, 0) is 29.7 Å². The Morgan fingerprint density at radius 3 is 2.73 bits per heavy atom. The first-order valence-electron chi connectivity index (χ1n) is 5.04. The Bertz CT molecular complexity index is 435. The van der Waals surface area contributed by atoms with Gasteiger partial charge in [-0.2, -0.15) is 0 Å². The minimum atomic E-state index is -0.170. The fraction of sp³-hybridized carbons (Fsp3) is 0.250. The molecule has 2 aromatic rings. The van der Waals surface area contributed by atoms with Crippen LogP contribution in [0.4, 0.5) is 4.39 Å². The van der Waals surface area contributed by atoms with Gasteiger partial charge in [0.2, 0.25) is 0 Å². The van der Waals surface area contributed by atoms with E-state index in [4.69, 9.17) is 0 Å². The number of rotatable bonds is 3. The third-order valence-corrected chi connectivity index (χ3v) is 2.35. The van der Waals surface area contributed by atoms with Gasteiger partial charge in [-0.15, -0.1) is 0 Å². The van der Waals surface area contributed by atoms with Crippen LogP contribution in [-0.2, 0) is 12.8 Å². The Morgan fingerprint density at radius 2 is 2.07 bits per heavy atom. The van der Waals surface area contributed by atoms with Gasteiger partial charge in [0.05, 0.1) is 0 Å². The maximum Gasteiger partial charge on any atom is 0.123 e. The summed E-state index contributed by atoms with van der Waals surface area (Å²) in [6.45, 7) is 2.02. The molecule has 0 radical (unpaired) electrons. The van der Waals surface area contributed by atoms with Gasteiger partial charge in [0.15, 0.2) is 0 Å². The number of aromatic nitrogens is 2. The number of H-pyrrole nitrogens is 1. The van der Waals surface area contributed by atoms with Crippen LogP contribution in [0.5, 0.6) is 0 Å². The average Bonchev–Trinajstić information content (AvgIpc) is 2.69. The van der Waals surface area contributed by atoms with Crippen LogP contribution in [0, 0.1) is 5.82 Å². The standard InChI is InChI=1S/C12H13FN2/c1-2-9-5-10(7-11(13)6-9)8-12-14-3-4-15-12/h3-7H,2,8H2,1H3,(H,14,15). The normalized spacial score (nSPS) is 10.5. The molecule has 0 fully saturated rings. The lowest BCUT2D eigenvalue weighted by Gasteiger charge is -2.02. The van der Waals surface area contributed by atoms with Crippen LogP contribution in [0.25, 0.3) is 0 Å². The van der Waals surface area contributed by atoms with Gasteiger partial charge in [0, 0.05) is 18.8 Å². The molecule has 0 bridgehead atoms. The zero-order chi connectivity index (χ0) is 10.7. The summed E-state index contributed by atoms with van der Waals surface area (Å²) in [4.78, 5) is 7.13. The summed E-state index contributed by atoms with van der Waals surface area (Å²) in [7, 11) is 0. The molecule has 2 rings (SSSR count). The molecule has 78 valence electrons. The van der Waals surface area contributed by atoms with Crippen molar-refractivity contribution >= 4 is 0 Å². The molecule has 0 unspecified atom stereocenters. The number of hydrogen-bond donors (Lipinski definition) is 1. The molecule has 0 spiro atoms. The lowest BCUT2D eigenvalue weighted by Crippen LogP contribution is -1.94. The SMILES string of the molecule is CCc1cc(F)cc(Cc2ncc[nH]2)c1. The van der Waals surface area contributed by atoms with Crippen molar-refractivity contribution in [2.75, 3.05) is 0 Å². The zero-order valence-corrected chi connectivity index (χ0v) is 8.63. The molecule has 3 heteroatoms. The molecular weight excluding hydrogens is 191 g/mol. The Hall–Kier alpha value is -1.64. The van der Waals surface area contributed by atoms with Crippen LogP contribution in [0.2, 0.25) is 0 Å². The average molecular weight is 204 g/mol. The monoisotopic (exact) mass is 204 g/mol. The van der Waals surface area contributed by atoms with Crippen molar-refractivity contribution in [3.8, 4) is 0 Å². The van der Waals surface area contributed by atoms with Crippen molar-refractivity contribution in [1.29, 1.82) is 0 Å². The second kappa shape index (κ2) is 4.26. The van der Waals surface area contributed by atoms with Crippen LogP contribution in [-0.4, -0.2) is 9.97 Å². The van der Waals surface area contributed by atoms with E-state index in [2.05, 4.69) is 9.97 Å². The van der Waals surface area contributed by atoms with Crippen LogP contribution < -0.4 is 0 Å². The predicted molar refractivity (Wildman–Crippen MR) is 57.2 cm³/mol. The molecule has 0 saturated heterocycles. The molecule has 1 N–H and O–H groups in total. The number of imidazole rings is 1. The van der Waals surface area contributed by atoms with Crippen molar-refractivity contribution < 1.29 is 4.39 Å². The summed E-state index contributed by atoms with van der Waals surface area (Å²) >= 11 is 0. The van der Waals surface area contributed by atoms with Gasteiger partial charge in [-0.1, -0.05) is 13.0 Å². The smallest absolute Gasteiger partial charge is 0.123 e. The Balaban J connectivity index is 2.24. The van der Waals surface area contributed by atoms with E-state index in [0.29, 0.717) is 6.42 Å². The summed E-state index contributed by atoms with van der Waals surface area (Å²) < 4.78 is 13.2. The third kappa shape index (κ3) is 2.43. The van der Waals surface area contributed by atoms with Crippen LogP contribution in [0.3, 0.4) is 0 Å². The maximum atomic E-state index is 13.2. The molecule has 0 amide bonds. The van der Waals surface area contributed by atoms with E-state index in [1.165, 1.54) is 0 Å². The summed E-state index contributed by atoms with van der Waals surface area (Å²) in [5, 5.41) is 0. The van der Waals surface area contributed by atoms with Gasteiger partial charge in [-0.3, -0.25) is 0 Å². The highest BCUT2D eigenvalue weighted by molar-refractivity contribution is 5.26. The molecule has 0 aliphatic rings. The fourth-order valence-corrected chi connectivity index (χ4v) is 1.61. The molecule has 15 heavy (non-hydrogen) atoms. The highest BCUT2D eigenvalue weighted by atomic mass is 19.1. The number of aromatic amines is 1. The van der Waals surface area contributed by atoms with E-state index in [0.717, 1.165) is 23.4 Å². The van der Waals surface area contributed by atoms with E-state index in [1.54, 1.807) is 24.5 Å². The van der Waals surface area contributed by atoms with Crippen molar-refractivity contribution in [2.45, 2.75) is 19.8 Å². The quantitative estimate of drug-likeness (QED) is 0.818. The minimum Gasteiger partial charge on any atom is -0.348 e. The second-order valence-corrected chi connectivity index (χ2v) is 3.53. The van der Waals surface area contributed by atoms with Crippen molar-refractivity contribution in [3.63, 3.8) is 0 Å². The predicted octanol–water partition coefficient (Wildman–Crippen LogP) is 2.70. The van der Waals surface area contributed by atoms with Gasteiger partial charge < -0.3 is 4.98 Å². The van der Waals surface area contributed by atoms with Gasteiger partial charge in [0.1, 0.15) is 11.6 Å². The largest absolute Gasteiger partial charge is 0.348 e. The summed E-state index contributed by atoms with van der Waals surface area (Å²) in [5.41, 5.74) is 1.98. The minimum absolute atomic E-state index is 0.170. The molecule has 0 atom stereocenters. The molecule has 1 aromatic carbocycles. The first-order valence-corrected chi connectivity index (χ1v) is 5.04. The number of benzene rings is 1. The first-order chi connectivity index (χ1) is 7.28. The van der Waals surface area contributed by atoms with Crippen molar-refractivity contribution in [3.05, 3.63) is 53.4 Å². The highest BCUT2D eigenvalue weighted by Crippen LogP contribution is 2.12. The van der Waals surface area contributed by atoms with Gasteiger partial charge in [0.25, 0.3) is 0 Å². The number of nitrogens with one attached hydrogen (secondary N) is 1. The molecule has 0 aliphatic heterocycles. The molecular formula is C12H13FN2. The van der Waals surface area contributed by atoms with E-state index < -0.39 is 0 Å². The first kappa shape index (κ1) is 9.90. The Labute approximate surface area is 88.2 Å². The summed E-state index contributed by atoms with van der Waals surface area (Å²) in [6.07, 6.45) is 4.98. The van der Waals surface area contributed by atoms with E-state index in [9.17, 15) is 4.39 Å². The number of nitrogens with zero attached hydrogens (tertiary/aromatic N) is 1.